The van der Waals surface area contributed by atoms with Crippen LogP contribution in [-0.4, -0.2) is 311 Å². The van der Waals surface area contributed by atoms with Gasteiger partial charge in [0.15, 0.2) is 11.5 Å². The molecule has 0 bridgehead atoms. The SMILES string of the molecule is O=C(COCCOCCOCCOCCOCCOCCOCCOCCOCCOCC(=O)NCCOCCOCCOCCOCc1cc(CCCCCOc2c(Cl)cc(C3=NCCO3)cc2Cl)on1)NCCOCCOCCOCCOCc1cc(CCCCCOc2c(Cl)cc(C3=NCCO3)cc2Cl)on1. The van der Waals surface area contributed by atoms with Crippen molar-refractivity contribution >= 4 is 70.0 Å². The van der Waals surface area contributed by atoms with E-state index in [4.69, 9.17) is 160 Å². The molecule has 0 radical (unpaired) electrons. The monoisotopic (exact) mass is 1640 g/mol. The van der Waals surface area contributed by atoms with Crippen LogP contribution in [0.4, 0.5) is 0 Å². The summed E-state index contributed by atoms with van der Waals surface area (Å²) >= 11 is 25.7. The van der Waals surface area contributed by atoms with E-state index in [9.17, 15) is 9.59 Å². The largest absolute Gasteiger partial charge is 0.490 e. The first-order chi connectivity index (χ1) is 54.2. The van der Waals surface area contributed by atoms with Gasteiger partial charge in [-0.15, -0.1) is 0 Å². The summed E-state index contributed by atoms with van der Waals surface area (Å²) in [5.41, 5.74) is 2.95. The molecule has 32 nitrogen and oxygen atoms in total. The molecule has 4 heterocycles. The average molecular weight is 1640 g/mol. The van der Waals surface area contributed by atoms with E-state index >= 15 is 0 Å². The molecule has 0 saturated heterocycles. The lowest BCUT2D eigenvalue weighted by molar-refractivity contribution is -0.127. The normalized spacial score (nSPS) is 12.8. The summed E-state index contributed by atoms with van der Waals surface area (Å²) in [6.07, 6.45) is 6.87. The predicted molar refractivity (Wildman–Crippen MR) is 405 cm³/mol. The third kappa shape index (κ3) is 46.2. The maximum absolute atomic E-state index is 12.0. The fraction of sp³-hybridized carbons (Fsp3) is 0.703. The number of hydrogen-bond donors (Lipinski definition) is 2. The zero-order valence-electron chi connectivity index (χ0n) is 63.1. The Balaban J connectivity index is 0.544. The van der Waals surface area contributed by atoms with E-state index in [0.717, 1.165) is 85.4 Å². The van der Waals surface area contributed by atoms with Gasteiger partial charge in [0.05, 0.1) is 271 Å². The molecule has 0 atom stereocenters. The quantitative estimate of drug-likeness (QED) is 0.0401. The number of halogens is 4. The molecule has 2 aliphatic heterocycles. The molecular formula is C74H112Cl4N6O26. The van der Waals surface area contributed by atoms with Crippen LogP contribution in [0.1, 0.15) is 72.6 Å². The van der Waals surface area contributed by atoms with Gasteiger partial charge in [-0.05, 0) is 62.8 Å². The highest BCUT2D eigenvalue weighted by molar-refractivity contribution is 6.38. The van der Waals surface area contributed by atoms with E-state index in [0.29, 0.717) is 307 Å². The van der Waals surface area contributed by atoms with Crippen LogP contribution in [0.2, 0.25) is 20.1 Å². The topological polar surface area (TPSA) is 338 Å². The van der Waals surface area contributed by atoms with Crippen LogP contribution in [0.3, 0.4) is 0 Å². The molecule has 2 amide bonds. The molecule has 2 aromatic heterocycles. The van der Waals surface area contributed by atoms with Crippen molar-refractivity contribution in [3.05, 3.63) is 90.5 Å². The predicted octanol–water partition coefficient (Wildman–Crippen LogP) is 7.64. The molecule has 2 aromatic carbocycles. The summed E-state index contributed by atoms with van der Waals surface area (Å²) in [4.78, 5) is 32.7. The first-order valence-electron chi connectivity index (χ1n) is 37.6. The fourth-order valence-corrected chi connectivity index (χ4v) is 10.9. The van der Waals surface area contributed by atoms with Gasteiger partial charge >= 0.3 is 0 Å². The van der Waals surface area contributed by atoms with Gasteiger partial charge in [-0.1, -0.05) is 56.7 Å². The summed E-state index contributed by atoms with van der Waals surface area (Å²) in [7, 11) is 0. The average Bonchev–Trinajstić information content (AvgIpc) is 1.62. The van der Waals surface area contributed by atoms with Gasteiger partial charge in [0, 0.05) is 49.2 Å². The van der Waals surface area contributed by atoms with Gasteiger partial charge < -0.3 is 124 Å². The summed E-state index contributed by atoms with van der Waals surface area (Å²) in [5, 5.41) is 15.4. The molecule has 0 aliphatic carbocycles. The summed E-state index contributed by atoms with van der Waals surface area (Å²) in [5.74, 6) is 3.16. The van der Waals surface area contributed by atoms with Gasteiger partial charge in [-0.2, -0.15) is 0 Å². The van der Waals surface area contributed by atoms with E-state index in [2.05, 4.69) is 30.9 Å². The Morgan fingerprint density at radius 1 is 0.327 bits per heavy atom. The Kier molecular flexibility index (Phi) is 54.6. The lowest BCUT2D eigenvalue weighted by Gasteiger charge is -2.11. The van der Waals surface area contributed by atoms with Crippen molar-refractivity contribution in [2.24, 2.45) is 9.98 Å². The number of nitrogens with one attached hydrogen (secondary N) is 2. The zero-order chi connectivity index (χ0) is 77.5. The minimum absolute atomic E-state index is 0.0721. The summed E-state index contributed by atoms with van der Waals surface area (Å²) in [6.45, 7) is 17.4. The van der Waals surface area contributed by atoms with Crippen LogP contribution < -0.4 is 20.1 Å². The zero-order valence-corrected chi connectivity index (χ0v) is 66.2. The lowest BCUT2D eigenvalue weighted by Crippen LogP contribution is -2.31. The molecule has 6 rings (SSSR count). The minimum atomic E-state index is -0.237. The number of amides is 2. The number of carbonyl (C=O) groups is 2. The minimum Gasteiger partial charge on any atom is -0.490 e. The van der Waals surface area contributed by atoms with Crippen molar-refractivity contribution in [1.82, 2.24) is 20.9 Å². The number of aromatic nitrogens is 2. The smallest absolute Gasteiger partial charge is 0.246 e. The first kappa shape index (κ1) is 93.6. The van der Waals surface area contributed by atoms with Gasteiger partial charge in [0.1, 0.15) is 49.3 Å². The van der Waals surface area contributed by atoms with E-state index in [1.807, 2.05) is 12.1 Å². The Morgan fingerprint density at radius 3 is 0.882 bits per heavy atom. The third-order valence-corrected chi connectivity index (χ3v) is 16.3. The highest BCUT2D eigenvalue weighted by Crippen LogP contribution is 2.36. The second kappa shape index (κ2) is 64.1. The van der Waals surface area contributed by atoms with E-state index in [1.54, 1.807) is 24.3 Å². The number of benzene rings is 2. The van der Waals surface area contributed by atoms with Gasteiger partial charge in [-0.25, -0.2) is 9.98 Å². The lowest BCUT2D eigenvalue weighted by atomic mass is 10.1. The summed E-state index contributed by atoms with van der Waals surface area (Å²) in [6, 6.07) is 10.9. The molecule has 0 saturated carbocycles. The first-order valence-corrected chi connectivity index (χ1v) is 39.1. The molecule has 0 spiro atoms. The van der Waals surface area contributed by atoms with E-state index < -0.39 is 0 Å². The van der Waals surface area contributed by atoms with Crippen LogP contribution in [0.5, 0.6) is 11.5 Å². The molecule has 2 N–H and O–H groups in total. The van der Waals surface area contributed by atoms with Crippen molar-refractivity contribution in [3.8, 4) is 11.5 Å². The summed E-state index contributed by atoms with van der Waals surface area (Å²) < 4.78 is 133. The fourth-order valence-electron chi connectivity index (χ4n) is 9.76. The van der Waals surface area contributed by atoms with Crippen molar-refractivity contribution in [2.45, 2.75) is 64.6 Å². The second-order valence-electron chi connectivity index (χ2n) is 24.0. The van der Waals surface area contributed by atoms with Gasteiger partial charge in [-0.3, -0.25) is 9.59 Å². The number of carbonyl (C=O) groups excluding carboxylic acids is 2. The van der Waals surface area contributed by atoms with Crippen LogP contribution in [0.15, 0.2) is 55.4 Å². The highest BCUT2D eigenvalue weighted by atomic mass is 35.5. The molecule has 2 aliphatic rings. The van der Waals surface area contributed by atoms with Gasteiger partial charge in [0.2, 0.25) is 23.6 Å². The number of aryl methyl sites for hydroxylation is 2. The van der Waals surface area contributed by atoms with Crippen LogP contribution in [0, 0.1) is 0 Å². The molecule has 0 fully saturated rings. The Morgan fingerprint density at radius 2 is 0.600 bits per heavy atom. The molecule has 622 valence electrons. The van der Waals surface area contributed by atoms with Gasteiger partial charge in [0.25, 0.3) is 0 Å². The van der Waals surface area contributed by atoms with E-state index in [-0.39, 0.29) is 38.2 Å². The number of rotatable bonds is 75. The van der Waals surface area contributed by atoms with Crippen molar-refractivity contribution in [1.29, 1.82) is 0 Å². The number of hydrogen-bond acceptors (Lipinski definition) is 30. The highest BCUT2D eigenvalue weighted by Gasteiger charge is 2.19. The van der Waals surface area contributed by atoms with Crippen molar-refractivity contribution in [3.63, 3.8) is 0 Å². The molecular weight excluding hydrogens is 1530 g/mol. The maximum Gasteiger partial charge on any atom is 0.246 e. The second-order valence-corrected chi connectivity index (χ2v) is 25.6. The number of ether oxygens (including phenoxy) is 22. The van der Waals surface area contributed by atoms with Crippen molar-refractivity contribution in [2.75, 3.05) is 277 Å². The number of nitrogens with zero attached hydrogens (tertiary/aromatic N) is 4. The van der Waals surface area contributed by atoms with E-state index in [1.165, 1.54) is 0 Å². The Labute approximate surface area is 664 Å². The van der Waals surface area contributed by atoms with Crippen LogP contribution in [-0.2, 0) is 130 Å². The van der Waals surface area contributed by atoms with Crippen LogP contribution >= 0.6 is 46.4 Å². The van der Waals surface area contributed by atoms with Crippen LogP contribution in [0.25, 0.3) is 0 Å². The number of unbranched alkanes of at least 4 members (excludes halogenated alkanes) is 4. The standard InChI is InChI=1S/C74H112Cl4N6O26/c75-65-49-59(73-81-11-17-107-73)50-66(76)71(65)105-13-5-1-3-7-63-53-61(83-109-63)55-101-45-41-97-37-33-89-21-19-87-15-9-79-69(85)57-103-47-43-99-39-35-95-31-29-93-27-25-91-23-24-92-26-28-94-30-32-96-36-40-100-44-48-104-58-70(86)80-10-16-88-20-22-90-34-38-98-42-46-102-56-62-54-64(110-84-62)8-4-2-6-14-106-72-67(77)51-60(52-68(72)78)74-82-12-18-108-74/h49-54H,1-48,55-58H2,(H,79,85)(H,80,86). The molecule has 0 unspecified atom stereocenters. The molecule has 4 aromatic rings. The third-order valence-electron chi connectivity index (χ3n) is 15.2. The van der Waals surface area contributed by atoms with Crippen molar-refractivity contribution < 1.29 is 123 Å². The molecule has 110 heavy (non-hydrogen) atoms. The Bertz CT molecular complexity index is 2830. The molecule has 36 heteroatoms. The maximum atomic E-state index is 12.0. The Hall–Kier alpha value is -5.22. The number of aliphatic imine (C=N–C) groups is 2.